The first-order valence-electron chi connectivity index (χ1n) is 4.38. The number of ether oxygens (including phenoxy) is 1. The maximum absolute atomic E-state index is 13.0. The summed E-state index contributed by atoms with van der Waals surface area (Å²) in [5.74, 6) is 0.0753. The SMILES string of the molecule is CCOC(=O)N1C[C@@H]2[C@H](F)[C@@H](I)[C@@H]21. The van der Waals surface area contributed by atoms with E-state index in [0.29, 0.717) is 13.2 Å². The van der Waals surface area contributed by atoms with Crippen LogP contribution in [0.1, 0.15) is 6.92 Å². The van der Waals surface area contributed by atoms with Gasteiger partial charge in [-0.1, -0.05) is 22.6 Å². The number of hydrogen-bond donors (Lipinski definition) is 0. The van der Waals surface area contributed by atoms with Gasteiger partial charge in [-0.05, 0) is 6.92 Å². The molecule has 1 saturated heterocycles. The van der Waals surface area contributed by atoms with Crippen molar-refractivity contribution in [1.82, 2.24) is 4.90 Å². The Balaban J connectivity index is 1.90. The molecule has 0 aromatic carbocycles. The average Bonchev–Trinajstić information content (AvgIpc) is 2.03. The maximum atomic E-state index is 13.0. The van der Waals surface area contributed by atoms with Crippen molar-refractivity contribution < 1.29 is 13.9 Å². The van der Waals surface area contributed by atoms with Crippen LogP contribution in [0.2, 0.25) is 0 Å². The van der Waals surface area contributed by atoms with Gasteiger partial charge in [0.1, 0.15) is 6.17 Å². The second kappa shape index (κ2) is 3.25. The fourth-order valence-electron chi connectivity index (χ4n) is 1.93. The monoisotopic (exact) mass is 299 g/mol. The van der Waals surface area contributed by atoms with Gasteiger partial charge in [0.25, 0.3) is 0 Å². The summed E-state index contributed by atoms with van der Waals surface area (Å²) in [5.41, 5.74) is 0. The highest BCUT2D eigenvalue weighted by Gasteiger charge is 2.61. The van der Waals surface area contributed by atoms with E-state index >= 15 is 0 Å². The molecule has 0 aromatic heterocycles. The molecule has 0 radical (unpaired) electrons. The van der Waals surface area contributed by atoms with Gasteiger partial charge in [0.15, 0.2) is 0 Å². The molecule has 1 aliphatic carbocycles. The Labute approximate surface area is 89.7 Å². The zero-order valence-electron chi connectivity index (χ0n) is 7.24. The number of carbonyl (C=O) groups is 1. The third-order valence-electron chi connectivity index (χ3n) is 2.75. The summed E-state index contributed by atoms with van der Waals surface area (Å²) in [6, 6.07) is 0.0923. The molecule has 3 nitrogen and oxygen atoms in total. The molecule has 0 unspecified atom stereocenters. The lowest BCUT2D eigenvalue weighted by atomic mass is 9.70. The fourth-order valence-corrected chi connectivity index (χ4v) is 3.38. The first-order chi connectivity index (χ1) is 6.16. The number of hydrogen-bond acceptors (Lipinski definition) is 2. The van der Waals surface area contributed by atoms with Gasteiger partial charge in [-0.2, -0.15) is 0 Å². The molecule has 2 aliphatic rings. The molecule has 13 heavy (non-hydrogen) atoms. The molecular formula is C8H11FINO2. The standard InChI is InChI=1S/C8H11FINO2/c1-2-13-8(12)11-3-4-5(9)6(10)7(4)11/h4-7H,2-3H2,1H3/t4-,5+,6-,7-/m1/s1. The van der Waals surface area contributed by atoms with Crippen LogP contribution in [0.15, 0.2) is 0 Å². The summed E-state index contributed by atoms with van der Waals surface area (Å²) in [6.45, 7) is 2.69. The van der Waals surface area contributed by atoms with Gasteiger partial charge < -0.3 is 9.64 Å². The molecule has 1 aliphatic heterocycles. The highest BCUT2D eigenvalue weighted by Crippen LogP contribution is 2.48. The van der Waals surface area contributed by atoms with Crippen LogP contribution in [0.4, 0.5) is 9.18 Å². The van der Waals surface area contributed by atoms with E-state index in [0.717, 1.165) is 0 Å². The molecule has 0 spiro atoms. The number of halogens is 2. The third kappa shape index (κ3) is 1.23. The summed E-state index contributed by atoms with van der Waals surface area (Å²) < 4.78 is 17.8. The van der Waals surface area contributed by atoms with Crippen molar-refractivity contribution in [3.05, 3.63) is 0 Å². The van der Waals surface area contributed by atoms with E-state index in [1.165, 1.54) is 0 Å². The number of likely N-dealkylation sites (tertiary alicyclic amines) is 1. The first kappa shape index (κ1) is 9.48. The number of carbonyl (C=O) groups excluding carboxylic acids is 1. The van der Waals surface area contributed by atoms with Crippen LogP contribution in [0.3, 0.4) is 0 Å². The zero-order valence-corrected chi connectivity index (χ0v) is 9.40. The molecule has 1 saturated carbocycles. The van der Waals surface area contributed by atoms with Gasteiger partial charge in [-0.25, -0.2) is 9.18 Å². The summed E-state index contributed by atoms with van der Waals surface area (Å²) in [7, 11) is 0. The molecule has 2 fully saturated rings. The quantitative estimate of drug-likeness (QED) is 0.544. The predicted molar refractivity (Wildman–Crippen MR) is 53.7 cm³/mol. The Morgan fingerprint density at radius 1 is 1.77 bits per heavy atom. The van der Waals surface area contributed by atoms with Gasteiger partial charge in [-0.3, -0.25) is 0 Å². The summed E-state index contributed by atoms with van der Waals surface area (Å²) in [6.07, 6.45) is -1.02. The molecular weight excluding hydrogens is 288 g/mol. The minimum atomic E-state index is -0.726. The number of piperidine rings is 1. The van der Waals surface area contributed by atoms with Crippen molar-refractivity contribution >= 4 is 28.7 Å². The van der Waals surface area contributed by atoms with Crippen LogP contribution in [-0.4, -0.2) is 40.3 Å². The lowest BCUT2D eigenvalue weighted by Gasteiger charge is -2.59. The summed E-state index contributed by atoms with van der Waals surface area (Å²) in [4.78, 5) is 12.9. The van der Waals surface area contributed by atoms with Gasteiger partial charge in [-0.15, -0.1) is 0 Å². The minimum Gasteiger partial charge on any atom is -0.450 e. The predicted octanol–water partition coefficient (Wildman–Crippen LogP) is 1.60. The van der Waals surface area contributed by atoms with Crippen molar-refractivity contribution in [1.29, 1.82) is 0 Å². The topological polar surface area (TPSA) is 29.5 Å². The van der Waals surface area contributed by atoms with E-state index in [9.17, 15) is 9.18 Å². The van der Waals surface area contributed by atoms with Gasteiger partial charge in [0, 0.05) is 12.5 Å². The molecule has 0 N–H and O–H groups in total. The number of amides is 1. The summed E-state index contributed by atoms with van der Waals surface area (Å²) in [5, 5.41) is 0. The number of fused-ring (bicyclic) bond motifs is 1. The van der Waals surface area contributed by atoms with Crippen LogP contribution in [0, 0.1) is 5.92 Å². The largest absolute Gasteiger partial charge is 0.450 e. The number of nitrogens with zero attached hydrogens (tertiary/aromatic N) is 1. The molecule has 1 heterocycles. The Kier molecular flexibility index (Phi) is 2.37. The van der Waals surface area contributed by atoms with E-state index in [4.69, 9.17) is 4.74 Å². The maximum Gasteiger partial charge on any atom is 0.410 e. The highest BCUT2D eigenvalue weighted by molar-refractivity contribution is 14.1. The van der Waals surface area contributed by atoms with Gasteiger partial charge in [0.2, 0.25) is 0 Å². The van der Waals surface area contributed by atoms with E-state index in [2.05, 4.69) is 22.6 Å². The molecule has 0 aromatic rings. The molecule has 2 rings (SSSR count). The van der Waals surface area contributed by atoms with Crippen LogP contribution < -0.4 is 0 Å². The van der Waals surface area contributed by atoms with Gasteiger partial charge in [0.05, 0.1) is 16.6 Å². The highest BCUT2D eigenvalue weighted by atomic mass is 127. The molecule has 1 amide bonds. The zero-order chi connectivity index (χ0) is 9.59. The van der Waals surface area contributed by atoms with Crippen LogP contribution >= 0.6 is 22.6 Å². The molecule has 0 bridgehead atoms. The van der Waals surface area contributed by atoms with Crippen molar-refractivity contribution in [2.24, 2.45) is 5.92 Å². The molecule has 5 heteroatoms. The first-order valence-corrected chi connectivity index (χ1v) is 5.63. The normalized spacial score (nSPS) is 41.6. The fraction of sp³-hybridized carbons (Fsp3) is 0.875. The van der Waals surface area contributed by atoms with Gasteiger partial charge >= 0.3 is 6.09 Å². The van der Waals surface area contributed by atoms with E-state index in [1.54, 1.807) is 11.8 Å². The third-order valence-corrected chi connectivity index (χ3v) is 4.17. The second-order valence-electron chi connectivity index (χ2n) is 3.39. The van der Waals surface area contributed by atoms with Crippen LogP contribution in [0.25, 0.3) is 0 Å². The molecule has 4 atom stereocenters. The smallest absolute Gasteiger partial charge is 0.410 e. The van der Waals surface area contributed by atoms with E-state index in [1.807, 2.05) is 0 Å². The Morgan fingerprint density at radius 2 is 2.46 bits per heavy atom. The van der Waals surface area contributed by atoms with E-state index < -0.39 is 6.17 Å². The van der Waals surface area contributed by atoms with Crippen LogP contribution in [0.5, 0.6) is 0 Å². The van der Waals surface area contributed by atoms with Crippen molar-refractivity contribution in [3.8, 4) is 0 Å². The molecule has 74 valence electrons. The number of alkyl halides is 2. The lowest BCUT2D eigenvalue weighted by molar-refractivity contribution is -0.0922. The average molecular weight is 299 g/mol. The Morgan fingerprint density at radius 3 is 3.00 bits per heavy atom. The number of rotatable bonds is 1. The second-order valence-corrected chi connectivity index (χ2v) is 4.83. The van der Waals surface area contributed by atoms with Crippen molar-refractivity contribution in [2.45, 2.75) is 23.1 Å². The van der Waals surface area contributed by atoms with Crippen molar-refractivity contribution in [3.63, 3.8) is 0 Å². The summed E-state index contributed by atoms with van der Waals surface area (Å²) >= 11 is 2.06. The minimum absolute atomic E-state index is 0.0410. The lowest BCUT2D eigenvalue weighted by Crippen LogP contribution is -2.75. The van der Waals surface area contributed by atoms with Crippen molar-refractivity contribution in [2.75, 3.05) is 13.2 Å². The van der Waals surface area contributed by atoms with Crippen LogP contribution in [-0.2, 0) is 4.74 Å². The Hall–Kier alpha value is -0.0700. The van der Waals surface area contributed by atoms with E-state index in [-0.39, 0.29) is 22.0 Å². The Bertz CT molecular complexity index is 232.